The third kappa shape index (κ3) is 3.53. The zero-order valence-corrected chi connectivity index (χ0v) is 16.2. The van der Waals surface area contributed by atoms with Gasteiger partial charge in [0.05, 0.1) is 11.6 Å². The maximum absolute atomic E-state index is 13.5. The molecule has 4 rings (SSSR count). The number of halogens is 1. The van der Waals surface area contributed by atoms with Crippen LogP contribution in [-0.2, 0) is 9.59 Å². The molecule has 2 aromatic carbocycles. The van der Waals surface area contributed by atoms with Gasteiger partial charge in [-0.1, -0.05) is 23.8 Å². The number of nitrogens with one attached hydrogen (secondary N) is 2. The van der Waals surface area contributed by atoms with Gasteiger partial charge in [-0.25, -0.2) is 9.37 Å². The summed E-state index contributed by atoms with van der Waals surface area (Å²) in [7, 11) is 0. The minimum Gasteiger partial charge on any atom is -0.326 e. The number of aromatic nitrogens is 1. The lowest BCUT2D eigenvalue weighted by molar-refractivity contribution is -0.123. The van der Waals surface area contributed by atoms with Crippen molar-refractivity contribution >= 4 is 34.0 Å². The van der Waals surface area contributed by atoms with Crippen LogP contribution in [0.4, 0.5) is 15.2 Å². The number of nitrogens with zero attached hydrogens (tertiary/aromatic N) is 1. The van der Waals surface area contributed by atoms with Crippen LogP contribution in [0.15, 0.2) is 41.8 Å². The zero-order chi connectivity index (χ0) is 19.8. The summed E-state index contributed by atoms with van der Waals surface area (Å²) in [6.07, 6.45) is 0.0136. The molecule has 0 spiro atoms. The van der Waals surface area contributed by atoms with E-state index in [9.17, 15) is 14.0 Å². The summed E-state index contributed by atoms with van der Waals surface area (Å²) in [6.45, 7) is 4.04. The Morgan fingerprint density at radius 2 is 2.07 bits per heavy atom. The van der Waals surface area contributed by atoms with Crippen molar-refractivity contribution in [2.24, 2.45) is 0 Å². The zero-order valence-electron chi connectivity index (χ0n) is 15.4. The first-order valence-electron chi connectivity index (χ1n) is 8.84. The van der Waals surface area contributed by atoms with Crippen LogP contribution < -0.4 is 10.6 Å². The topological polar surface area (TPSA) is 71.1 Å². The molecule has 1 aromatic heterocycles. The van der Waals surface area contributed by atoms with Gasteiger partial charge >= 0.3 is 0 Å². The summed E-state index contributed by atoms with van der Waals surface area (Å²) in [5.74, 6) is -1.78. The van der Waals surface area contributed by atoms with Gasteiger partial charge in [0, 0.05) is 23.1 Å². The molecule has 0 bridgehead atoms. The Morgan fingerprint density at radius 3 is 2.89 bits per heavy atom. The van der Waals surface area contributed by atoms with Gasteiger partial charge in [0.1, 0.15) is 5.82 Å². The second-order valence-corrected chi connectivity index (χ2v) is 7.74. The first-order valence-corrected chi connectivity index (χ1v) is 9.72. The molecule has 5 nitrogen and oxygen atoms in total. The van der Waals surface area contributed by atoms with Gasteiger partial charge in [-0.2, -0.15) is 0 Å². The SMILES string of the molecule is Cc1ccc(C)c(-c2csc(NC(=O)[C@H]3CC(=O)Nc4cc(F)ccc43)n2)c1. The van der Waals surface area contributed by atoms with Crippen LogP contribution in [0.1, 0.15) is 29.0 Å². The number of benzene rings is 2. The van der Waals surface area contributed by atoms with E-state index in [0.717, 1.165) is 22.4 Å². The van der Waals surface area contributed by atoms with Crippen LogP contribution in [0.5, 0.6) is 0 Å². The van der Waals surface area contributed by atoms with E-state index in [1.165, 1.54) is 29.5 Å². The number of rotatable bonds is 3. The third-order valence-corrected chi connectivity index (χ3v) is 5.53. The van der Waals surface area contributed by atoms with Crippen LogP contribution in [0.2, 0.25) is 0 Å². The Bertz CT molecular complexity index is 1090. The van der Waals surface area contributed by atoms with Gasteiger partial charge in [0.2, 0.25) is 11.8 Å². The van der Waals surface area contributed by atoms with E-state index in [1.54, 1.807) is 0 Å². The number of fused-ring (bicyclic) bond motifs is 1. The minimum absolute atomic E-state index is 0.0136. The van der Waals surface area contributed by atoms with Crippen LogP contribution in [-0.4, -0.2) is 16.8 Å². The summed E-state index contributed by atoms with van der Waals surface area (Å²) in [5.41, 5.74) is 5.00. The van der Waals surface area contributed by atoms with Crippen molar-refractivity contribution in [1.82, 2.24) is 4.98 Å². The smallest absolute Gasteiger partial charge is 0.234 e. The van der Waals surface area contributed by atoms with Crippen LogP contribution >= 0.6 is 11.3 Å². The Labute approximate surface area is 165 Å². The van der Waals surface area contributed by atoms with Crippen molar-refractivity contribution in [2.75, 3.05) is 10.6 Å². The van der Waals surface area contributed by atoms with Crippen molar-refractivity contribution in [3.05, 3.63) is 64.3 Å². The molecular weight excluding hydrogens is 377 g/mol. The number of thiazole rings is 1. The number of carbonyl (C=O) groups is 2. The Kier molecular flexibility index (Phi) is 4.68. The molecule has 0 unspecified atom stereocenters. The highest BCUT2D eigenvalue weighted by Gasteiger charge is 2.31. The molecule has 3 aromatic rings. The standard InChI is InChI=1S/C21H18FN3O2S/c1-11-3-4-12(2)15(7-11)18-10-28-21(24-18)25-20(27)16-9-19(26)23-17-8-13(22)5-6-14(16)17/h3-8,10,16H,9H2,1-2H3,(H,23,26)(H,24,25,27)/t16-/m0/s1. The number of hydrogen-bond donors (Lipinski definition) is 2. The minimum atomic E-state index is -0.683. The molecule has 2 amide bonds. The van der Waals surface area contributed by atoms with E-state index in [4.69, 9.17) is 0 Å². The molecule has 2 N–H and O–H groups in total. The Balaban J connectivity index is 1.58. The van der Waals surface area contributed by atoms with E-state index < -0.39 is 11.7 Å². The lowest BCUT2D eigenvalue weighted by Gasteiger charge is -2.24. The van der Waals surface area contributed by atoms with Gasteiger partial charge in [-0.05, 0) is 43.2 Å². The van der Waals surface area contributed by atoms with Crippen molar-refractivity contribution in [3.63, 3.8) is 0 Å². The fourth-order valence-corrected chi connectivity index (χ4v) is 4.04. The molecular formula is C21H18FN3O2S. The molecule has 0 radical (unpaired) electrons. The average molecular weight is 395 g/mol. The molecule has 2 heterocycles. The normalized spacial score (nSPS) is 15.7. The van der Waals surface area contributed by atoms with Gasteiger partial charge < -0.3 is 10.6 Å². The van der Waals surface area contributed by atoms with Crippen molar-refractivity contribution < 1.29 is 14.0 Å². The first-order chi connectivity index (χ1) is 13.4. The van der Waals surface area contributed by atoms with Crippen molar-refractivity contribution in [1.29, 1.82) is 0 Å². The van der Waals surface area contributed by atoms with Gasteiger partial charge in [0.25, 0.3) is 0 Å². The fourth-order valence-electron chi connectivity index (χ4n) is 3.33. The average Bonchev–Trinajstić information content (AvgIpc) is 3.10. The van der Waals surface area contributed by atoms with Gasteiger partial charge in [0.15, 0.2) is 5.13 Å². The summed E-state index contributed by atoms with van der Waals surface area (Å²) in [5, 5.41) is 7.79. The molecule has 0 saturated heterocycles. The molecule has 1 aliphatic rings. The number of amides is 2. The molecule has 7 heteroatoms. The molecule has 28 heavy (non-hydrogen) atoms. The largest absolute Gasteiger partial charge is 0.326 e. The molecule has 1 atom stereocenters. The predicted molar refractivity (Wildman–Crippen MR) is 108 cm³/mol. The van der Waals surface area contributed by atoms with E-state index in [0.29, 0.717) is 16.4 Å². The molecule has 142 valence electrons. The van der Waals surface area contributed by atoms with E-state index in [2.05, 4.69) is 21.7 Å². The number of anilines is 2. The van der Waals surface area contributed by atoms with Gasteiger partial charge in [-0.15, -0.1) is 11.3 Å². The highest BCUT2D eigenvalue weighted by atomic mass is 32.1. The van der Waals surface area contributed by atoms with E-state index in [1.807, 2.05) is 31.4 Å². The van der Waals surface area contributed by atoms with E-state index in [-0.39, 0.29) is 18.2 Å². The number of carbonyl (C=O) groups excluding carboxylic acids is 2. The second-order valence-electron chi connectivity index (χ2n) is 6.88. The van der Waals surface area contributed by atoms with Crippen molar-refractivity contribution in [3.8, 4) is 11.3 Å². The maximum atomic E-state index is 13.5. The molecule has 0 saturated carbocycles. The maximum Gasteiger partial charge on any atom is 0.234 e. The fraction of sp³-hybridized carbons (Fsp3) is 0.190. The Hall–Kier alpha value is -3.06. The quantitative estimate of drug-likeness (QED) is 0.679. The summed E-state index contributed by atoms with van der Waals surface area (Å²) in [6, 6.07) is 10.2. The van der Waals surface area contributed by atoms with Crippen LogP contribution in [0, 0.1) is 19.7 Å². The summed E-state index contributed by atoms with van der Waals surface area (Å²) < 4.78 is 13.5. The third-order valence-electron chi connectivity index (χ3n) is 4.77. The molecule has 0 fully saturated rings. The number of aryl methyl sites for hydroxylation is 2. The highest BCUT2D eigenvalue weighted by Crippen LogP contribution is 2.34. The van der Waals surface area contributed by atoms with Crippen LogP contribution in [0.25, 0.3) is 11.3 Å². The Morgan fingerprint density at radius 1 is 1.25 bits per heavy atom. The second kappa shape index (κ2) is 7.16. The highest BCUT2D eigenvalue weighted by molar-refractivity contribution is 7.14. The van der Waals surface area contributed by atoms with Gasteiger partial charge in [-0.3, -0.25) is 9.59 Å². The van der Waals surface area contributed by atoms with Crippen molar-refractivity contribution in [2.45, 2.75) is 26.2 Å². The van der Waals surface area contributed by atoms with Crippen LogP contribution in [0.3, 0.4) is 0 Å². The van der Waals surface area contributed by atoms with E-state index >= 15 is 0 Å². The summed E-state index contributed by atoms with van der Waals surface area (Å²) >= 11 is 1.33. The monoisotopic (exact) mass is 395 g/mol. The lowest BCUT2D eigenvalue weighted by Crippen LogP contribution is -2.30. The first kappa shape index (κ1) is 18.3. The molecule has 0 aliphatic carbocycles. The summed E-state index contributed by atoms with van der Waals surface area (Å²) in [4.78, 5) is 29.3. The number of hydrogen-bond acceptors (Lipinski definition) is 4. The molecule has 1 aliphatic heterocycles. The lowest BCUT2D eigenvalue weighted by atomic mass is 9.90. The predicted octanol–water partition coefficient (Wildman–Crippen LogP) is 4.63.